The van der Waals surface area contributed by atoms with E-state index >= 15 is 0 Å². The minimum absolute atomic E-state index is 0.0416. The molecule has 3 aromatic rings. The van der Waals surface area contributed by atoms with Crippen LogP contribution in [0, 0.1) is 0 Å². The second kappa shape index (κ2) is 8.46. The maximum atomic E-state index is 12.5. The molecular formula is C23H28N2O3. The molecule has 1 aromatic heterocycles. The zero-order chi connectivity index (χ0) is 20.3. The van der Waals surface area contributed by atoms with Gasteiger partial charge in [0.05, 0.1) is 5.52 Å². The third kappa shape index (κ3) is 4.35. The Balaban J connectivity index is 1.64. The molecule has 0 radical (unpaired) electrons. The van der Waals surface area contributed by atoms with E-state index in [1.807, 2.05) is 24.3 Å². The number of nitrogens with zero attached hydrogens (tertiary/aromatic N) is 1. The second-order valence-corrected chi connectivity index (χ2v) is 7.80. The fourth-order valence-corrected chi connectivity index (χ4v) is 3.37. The van der Waals surface area contributed by atoms with E-state index in [-0.39, 0.29) is 11.7 Å². The van der Waals surface area contributed by atoms with Crippen LogP contribution in [0.15, 0.2) is 51.7 Å². The summed E-state index contributed by atoms with van der Waals surface area (Å²) in [7, 11) is 0. The number of anilines is 1. The average Bonchev–Trinajstić information content (AvgIpc) is 2.97. The summed E-state index contributed by atoms with van der Waals surface area (Å²) in [5.74, 6) is 0.350. The molecule has 5 nitrogen and oxygen atoms in total. The maximum absolute atomic E-state index is 12.5. The van der Waals surface area contributed by atoms with Crippen molar-refractivity contribution in [3.63, 3.8) is 0 Å². The number of hydrogen-bond donors (Lipinski definition) is 1. The molecule has 0 bridgehead atoms. The Labute approximate surface area is 165 Å². The molecule has 0 atom stereocenters. The van der Waals surface area contributed by atoms with Crippen LogP contribution >= 0.6 is 0 Å². The number of carbonyl (C=O) groups is 1. The largest absolute Gasteiger partial charge is 0.419 e. The number of amides is 1. The van der Waals surface area contributed by atoms with Gasteiger partial charge in [0.15, 0.2) is 5.58 Å². The number of benzene rings is 2. The fraction of sp³-hybridized carbons (Fsp3) is 0.391. The van der Waals surface area contributed by atoms with E-state index in [1.54, 1.807) is 10.6 Å². The molecule has 0 saturated carbocycles. The number of para-hydroxylation sites is 2. The molecule has 148 valence electrons. The van der Waals surface area contributed by atoms with Crippen LogP contribution in [0.1, 0.15) is 63.5 Å². The third-order valence-corrected chi connectivity index (χ3v) is 5.00. The van der Waals surface area contributed by atoms with Crippen LogP contribution in [0.2, 0.25) is 0 Å². The highest BCUT2D eigenvalue weighted by molar-refractivity contribution is 5.91. The summed E-state index contributed by atoms with van der Waals surface area (Å²) in [4.78, 5) is 24.5. The first-order chi connectivity index (χ1) is 13.4. The molecule has 2 aromatic carbocycles. The highest BCUT2D eigenvalue weighted by atomic mass is 16.4. The summed E-state index contributed by atoms with van der Waals surface area (Å²) in [5.41, 5.74) is 4.63. The Morgan fingerprint density at radius 1 is 1.07 bits per heavy atom. The Hall–Kier alpha value is -2.82. The number of nitrogens with one attached hydrogen (secondary N) is 1. The molecule has 0 aliphatic heterocycles. The SMILES string of the molecule is CC(C)c1ccc(NC(=O)CCCn2c(=O)oc3ccccc32)c(C(C)C)c1. The molecule has 0 aliphatic carbocycles. The smallest absolute Gasteiger partial charge is 0.408 e. The van der Waals surface area contributed by atoms with E-state index in [0.29, 0.717) is 36.8 Å². The Bertz CT molecular complexity index is 1030. The van der Waals surface area contributed by atoms with Gasteiger partial charge in [0.1, 0.15) is 0 Å². The first kappa shape index (κ1) is 19.9. The summed E-state index contributed by atoms with van der Waals surface area (Å²) in [6.07, 6.45) is 0.909. The lowest BCUT2D eigenvalue weighted by Crippen LogP contribution is -2.17. The number of hydrogen-bond acceptors (Lipinski definition) is 3. The molecule has 5 heteroatoms. The summed E-state index contributed by atoms with van der Waals surface area (Å²) in [6, 6.07) is 13.6. The van der Waals surface area contributed by atoms with Gasteiger partial charge in [0.2, 0.25) is 5.91 Å². The van der Waals surface area contributed by atoms with E-state index in [9.17, 15) is 9.59 Å². The first-order valence-electron chi connectivity index (χ1n) is 9.89. The van der Waals surface area contributed by atoms with Gasteiger partial charge in [-0.2, -0.15) is 0 Å². The highest BCUT2D eigenvalue weighted by Crippen LogP contribution is 2.28. The van der Waals surface area contributed by atoms with Crippen molar-refractivity contribution in [3.05, 3.63) is 64.1 Å². The van der Waals surface area contributed by atoms with Gasteiger partial charge in [-0.15, -0.1) is 0 Å². The van der Waals surface area contributed by atoms with Crippen LogP contribution in [0.4, 0.5) is 5.69 Å². The Morgan fingerprint density at radius 3 is 2.54 bits per heavy atom. The lowest BCUT2D eigenvalue weighted by atomic mass is 9.94. The summed E-state index contributed by atoms with van der Waals surface area (Å²) < 4.78 is 6.81. The van der Waals surface area contributed by atoms with Gasteiger partial charge in [0.25, 0.3) is 0 Å². The zero-order valence-electron chi connectivity index (χ0n) is 17.0. The van der Waals surface area contributed by atoms with Crippen molar-refractivity contribution in [2.75, 3.05) is 5.32 Å². The lowest BCUT2D eigenvalue weighted by molar-refractivity contribution is -0.116. The summed E-state index contributed by atoms with van der Waals surface area (Å²) in [6.45, 7) is 9.04. The number of rotatable bonds is 7. The zero-order valence-corrected chi connectivity index (χ0v) is 17.0. The summed E-state index contributed by atoms with van der Waals surface area (Å²) in [5, 5.41) is 3.04. The number of carbonyl (C=O) groups excluding carboxylic acids is 1. The predicted octanol–water partition coefficient (Wildman–Crippen LogP) is 5.26. The van der Waals surface area contributed by atoms with Crippen LogP contribution in [0.3, 0.4) is 0 Å². The fourth-order valence-electron chi connectivity index (χ4n) is 3.37. The number of aryl methyl sites for hydroxylation is 1. The topological polar surface area (TPSA) is 64.2 Å². The van der Waals surface area contributed by atoms with Crippen LogP contribution in [0.5, 0.6) is 0 Å². The Morgan fingerprint density at radius 2 is 1.82 bits per heavy atom. The van der Waals surface area contributed by atoms with Crippen molar-refractivity contribution in [3.8, 4) is 0 Å². The van der Waals surface area contributed by atoms with Crippen molar-refractivity contribution < 1.29 is 9.21 Å². The quantitative estimate of drug-likeness (QED) is 0.608. The molecule has 1 heterocycles. The standard InChI is InChI=1S/C23H28N2O3/c1-15(2)17-11-12-19(18(14-17)16(3)4)24-22(26)10-7-13-25-20-8-5-6-9-21(20)28-23(25)27/h5-6,8-9,11-12,14-16H,7,10,13H2,1-4H3,(H,24,26). The van der Waals surface area contributed by atoms with E-state index < -0.39 is 0 Å². The first-order valence-corrected chi connectivity index (χ1v) is 9.89. The van der Waals surface area contributed by atoms with Crippen LogP contribution in [-0.4, -0.2) is 10.5 Å². The minimum atomic E-state index is -0.382. The van der Waals surface area contributed by atoms with Crippen molar-refractivity contribution in [2.45, 2.75) is 58.9 Å². The minimum Gasteiger partial charge on any atom is -0.408 e. The van der Waals surface area contributed by atoms with Crippen molar-refractivity contribution in [2.24, 2.45) is 0 Å². The number of oxazole rings is 1. The highest BCUT2D eigenvalue weighted by Gasteiger charge is 2.13. The van der Waals surface area contributed by atoms with Crippen molar-refractivity contribution in [1.82, 2.24) is 4.57 Å². The van der Waals surface area contributed by atoms with Crippen LogP contribution in [-0.2, 0) is 11.3 Å². The van der Waals surface area contributed by atoms with E-state index in [1.165, 1.54) is 5.56 Å². The van der Waals surface area contributed by atoms with Gasteiger partial charge in [-0.25, -0.2) is 4.79 Å². The molecule has 0 aliphatic rings. The molecule has 0 spiro atoms. The Kier molecular flexibility index (Phi) is 6.02. The maximum Gasteiger partial charge on any atom is 0.419 e. The van der Waals surface area contributed by atoms with Gasteiger partial charge < -0.3 is 9.73 Å². The molecule has 0 fully saturated rings. The molecule has 1 amide bonds. The average molecular weight is 380 g/mol. The monoisotopic (exact) mass is 380 g/mol. The predicted molar refractivity (Wildman–Crippen MR) is 113 cm³/mol. The second-order valence-electron chi connectivity index (χ2n) is 7.80. The molecule has 28 heavy (non-hydrogen) atoms. The number of aromatic nitrogens is 1. The van der Waals surface area contributed by atoms with Crippen LogP contribution < -0.4 is 11.1 Å². The van der Waals surface area contributed by atoms with E-state index in [0.717, 1.165) is 16.8 Å². The van der Waals surface area contributed by atoms with Crippen molar-refractivity contribution >= 4 is 22.7 Å². The normalized spacial score (nSPS) is 11.5. The van der Waals surface area contributed by atoms with Gasteiger partial charge in [0, 0.05) is 18.7 Å². The van der Waals surface area contributed by atoms with E-state index in [4.69, 9.17) is 4.42 Å². The molecular weight excluding hydrogens is 352 g/mol. The summed E-state index contributed by atoms with van der Waals surface area (Å²) >= 11 is 0. The van der Waals surface area contributed by atoms with Crippen molar-refractivity contribution in [1.29, 1.82) is 0 Å². The molecule has 1 N–H and O–H groups in total. The van der Waals surface area contributed by atoms with Gasteiger partial charge in [-0.05, 0) is 47.6 Å². The molecule has 0 unspecified atom stereocenters. The van der Waals surface area contributed by atoms with Gasteiger partial charge in [-0.3, -0.25) is 9.36 Å². The van der Waals surface area contributed by atoms with E-state index in [2.05, 4.69) is 45.1 Å². The number of fused-ring (bicyclic) bond motifs is 1. The van der Waals surface area contributed by atoms with Gasteiger partial charge >= 0.3 is 5.76 Å². The van der Waals surface area contributed by atoms with Gasteiger partial charge in [-0.1, -0.05) is 52.0 Å². The van der Waals surface area contributed by atoms with Crippen LogP contribution in [0.25, 0.3) is 11.1 Å². The molecule has 3 rings (SSSR count). The lowest BCUT2D eigenvalue weighted by Gasteiger charge is -2.17. The molecule has 0 saturated heterocycles. The third-order valence-electron chi connectivity index (χ3n) is 5.00.